The van der Waals surface area contributed by atoms with Gasteiger partial charge in [0.2, 0.25) is 0 Å². The van der Waals surface area contributed by atoms with Gasteiger partial charge in [0.05, 0.1) is 10.9 Å². The van der Waals surface area contributed by atoms with Crippen LogP contribution in [0.2, 0.25) is 0 Å². The van der Waals surface area contributed by atoms with Gasteiger partial charge in [-0.25, -0.2) is 0 Å². The Labute approximate surface area is 140 Å². The van der Waals surface area contributed by atoms with Crippen molar-refractivity contribution in [1.82, 2.24) is 0 Å². The van der Waals surface area contributed by atoms with Crippen molar-refractivity contribution in [2.24, 2.45) is 22.9 Å². The molecule has 0 heterocycles. The summed E-state index contributed by atoms with van der Waals surface area (Å²) in [5.74, 6) is 1.30. The highest BCUT2D eigenvalue weighted by atomic mass is 35.5. The topological polar surface area (TPSA) is 48.8 Å². The minimum Gasteiger partial charge on any atom is -0.119 e. The van der Waals surface area contributed by atoms with Crippen LogP contribution in [-0.4, -0.2) is 9.75 Å². The Morgan fingerprint density at radius 1 is 1.18 bits per heavy atom. The fourth-order valence-corrected chi connectivity index (χ4v) is 7.08. The number of benzene rings is 1. The van der Waals surface area contributed by atoms with Crippen LogP contribution in [0.5, 0.6) is 0 Å². The van der Waals surface area contributed by atoms with E-state index in [2.05, 4.69) is 10.0 Å². The molecule has 0 N–H and O–H groups in total. The number of hydrogen-bond acceptors (Lipinski definition) is 1. The van der Waals surface area contributed by atoms with Crippen molar-refractivity contribution in [2.45, 2.75) is 47.9 Å². The van der Waals surface area contributed by atoms with Gasteiger partial charge in [0.25, 0.3) is 0 Å². The molecule has 0 saturated heterocycles. The SMILES string of the molecule is [N-]=[N+]=N[C@@H](c1ccccc1)[C@H]1[C@H]2C[C@H]3C[C@](Cl)(C2)C[C@@]1(Cl)C3. The molecule has 1 aromatic rings. The van der Waals surface area contributed by atoms with Gasteiger partial charge in [-0.15, -0.1) is 23.2 Å². The van der Waals surface area contributed by atoms with Gasteiger partial charge in [-0.2, -0.15) is 0 Å². The molecule has 1 aromatic carbocycles. The van der Waals surface area contributed by atoms with Crippen molar-refractivity contribution in [3.63, 3.8) is 0 Å². The minimum atomic E-state index is -0.319. The standard InChI is InChI=1S/C17H19Cl2N3/c18-16-7-11-6-13(9-16)14(17(19,8-11)10-16)15(21-22-20)12-4-2-1-3-5-12/h1-5,11,13-15H,6-10H2/t11-,13-,14+,15-,16-,17-/m0/s1. The second kappa shape index (κ2) is 5.06. The first-order valence-electron chi connectivity index (χ1n) is 8.00. The second-order valence-electron chi connectivity index (χ2n) is 7.42. The van der Waals surface area contributed by atoms with Crippen LogP contribution in [0, 0.1) is 17.8 Å². The highest BCUT2D eigenvalue weighted by molar-refractivity contribution is 6.28. The Kier molecular flexibility index (Phi) is 3.38. The van der Waals surface area contributed by atoms with Crippen molar-refractivity contribution in [3.05, 3.63) is 46.3 Å². The molecule has 0 spiro atoms. The Bertz CT molecular complexity index is 630. The number of alkyl halides is 2. The highest BCUT2D eigenvalue weighted by Gasteiger charge is 2.63. The zero-order chi connectivity index (χ0) is 15.4. The van der Waals surface area contributed by atoms with Crippen molar-refractivity contribution in [1.29, 1.82) is 0 Å². The molecule has 0 radical (unpaired) electrons. The van der Waals surface area contributed by atoms with Crippen molar-refractivity contribution < 1.29 is 0 Å². The lowest BCUT2D eigenvalue weighted by Crippen LogP contribution is -2.60. The summed E-state index contributed by atoms with van der Waals surface area (Å²) < 4.78 is 0. The van der Waals surface area contributed by atoms with Crippen molar-refractivity contribution in [3.8, 4) is 0 Å². The Morgan fingerprint density at radius 2 is 1.95 bits per heavy atom. The van der Waals surface area contributed by atoms with E-state index in [1.807, 2.05) is 30.3 Å². The molecule has 4 aliphatic carbocycles. The lowest BCUT2D eigenvalue weighted by molar-refractivity contribution is -0.0186. The van der Waals surface area contributed by atoms with Gasteiger partial charge in [-0.05, 0) is 61.0 Å². The maximum absolute atomic E-state index is 9.08. The molecule has 5 heteroatoms. The highest BCUT2D eigenvalue weighted by Crippen LogP contribution is 2.67. The second-order valence-corrected chi connectivity index (χ2v) is 8.98. The lowest BCUT2D eigenvalue weighted by atomic mass is 9.49. The van der Waals surface area contributed by atoms with Crippen LogP contribution in [0.4, 0.5) is 0 Å². The van der Waals surface area contributed by atoms with Gasteiger partial charge in [-0.3, -0.25) is 0 Å². The lowest BCUT2D eigenvalue weighted by Gasteiger charge is -2.62. The number of hydrogen-bond donors (Lipinski definition) is 0. The minimum absolute atomic E-state index is 0.123. The average Bonchev–Trinajstić information content (AvgIpc) is 2.44. The first-order chi connectivity index (χ1) is 10.5. The molecular weight excluding hydrogens is 317 g/mol. The van der Waals surface area contributed by atoms with Gasteiger partial charge in [0.1, 0.15) is 0 Å². The summed E-state index contributed by atoms with van der Waals surface area (Å²) >= 11 is 13.9. The van der Waals surface area contributed by atoms with Gasteiger partial charge in [0, 0.05) is 9.79 Å². The summed E-state index contributed by atoms with van der Waals surface area (Å²) in [5.41, 5.74) is 10.1. The van der Waals surface area contributed by atoms with E-state index in [0.29, 0.717) is 11.8 Å². The van der Waals surface area contributed by atoms with E-state index in [0.717, 1.165) is 31.2 Å². The molecule has 4 bridgehead atoms. The Hall–Kier alpha value is -0.890. The molecule has 4 saturated carbocycles. The summed E-state index contributed by atoms with van der Waals surface area (Å²) in [6.45, 7) is 0. The summed E-state index contributed by atoms with van der Waals surface area (Å²) in [6.07, 6.45) is 5.13. The van der Waals surface area contributed by atoms with Crippen LogP contribution >= 0.6 is 23.2 Å². The number of nitrogens with zero attached hydrogens (tertiary/aromatic N) is 3. The van der Waals surface area contributed by atoms with E-state index >= 15 is 0 Å². The van der Waals surface area contributed by atoms with Gasteiger partial charge >= 0.3 is 0 Å². The fraction of sp³-hybridized carbons (Fsp3) is 0.647. The van der Waals surface area contributed by atoms with Crippen LogP contribution in [0.25, 0.3) is 10.4 Å². The third-order valence-corrected chi connectivity index (χ3v) is 6.90. The summed E-state index contributed by atoms with van der Waals surface area (Å²) in [7, 11) is 0. The van der Waals surface area contributed by atoms with Gasteiger partial charge in [-0.1, -0.05) is 35.4 Å². The molecule has 0 amide bonds. The number of rotatable bonds is 3. The van der Waals surface area contributed by atoms with Crippen molar-refractivity contribution in [2.75, 3.05) is 0 Å². The number of azide groups is 1. The predicted molar refractivity (Wildman–Crippen MR) is 89.1 cm³/mol. The van der Waals surface area contributed by atoms with E-state index < -0.39 is 0 Å². The summed E-state index contributed by atoms with van der Waals surface area (Å²) in [6, 6.07) is 9.87. The van der Waals surface area contributed by atoms with E-state index in [4.69, 9.17) is 28.7 Å². The molecule has 0 aliphatic heterocycles. The van der Waals surface area contributed by atoms with Crippen molar-refractivity contribution >= 4 is 23.2 Å². The zero-order valence-electron chi connectivity index (χ0n) is 12.3. The van der Waals surface area contributed by atoms with E-state index in [9.17, 15) is 0 Å². The van der Waals surface area contributed by atoms with Crippen LogP contribution in [0.3, 0.4) is 0 Å². The molecule has 4 fully saturated rings. The van der Waals surface area contributed by atoms with E-state index in [1.54, 1.807) is 0 Å². The smallest absolute Gasteiger partial charge is 0.0672 e. The molecule has 116 valence electrons. The van der Waals surface area contributed by atoms with Gasteiger partial charge in [0.15, 0.2) is 0 Å². The Morgan fingerprint density at radius 3 is 2.59 bits per heavy atom. The molecule has 0 unspecified atom stereocenters. The zero-order valence-corrected chi connectivity index (χ0v) is 13.8. The molecular formula is C17H19Cl2N3. The van der Waals surface area contributed by atoms with E-state index in [1.165, 1.54) is 6.42 Å². The predicted octanol–water partition coefficient (Wildman–Crippen LogP) is 5.83. The van der Waals surface area contributed by atoms with Crippen LogP contribution in [0.1, 0.15) is 43.7 Å². The van der Waals surface area contributed by atoms with Crippen LogP contribution in [0.15, 0.2) is 35.4 Å². The molecule has 22 heavy (non-hydrogen) atoms. The van der Waals surface area contributed by atoms with Gasteiger partial charge < -0.3 is 0 Å². The summed E-state index contributed by atoms with van der Waals surface area (Å²) in [5, 5.41) is 4.16. The molecule has 3 nitrogen and oxygen atoms in total. The fourth-order valence-electron chi connectivity index (χ4n) is 5.59. The normalized spacial score (nSPS) is 43.6. The monoisotopic (exact) mass is 335 g/mol. The summed E-state index contributed by atoms with van der Waals surface area (Å²) in [4.78, 5) is 2.68. The molecule has 0 aromatic heterocycles. The maximum atomic E-state index is 9.08. The number of halogens is 2. The first kappa shape index (κ1) is 14.7. The van der Waals surface area contributed by atoms with E-state index in [-0.39, 0.29) is 21.7 Å². The quantitative estimate of drug-likeness (QED) is 0.288. The average molecular weight is 336 g/mol. The Balaban J connectivity index is 1.76. The largest absolute Gasteiger partial charge is 0.119 e. The molecule has 6 atom stereocenters. The maximum Gasteiger partial charge on any atom is 0.0672 e. The molecule has 5 rings (SSSR count). The van der Waals surface area contributed by atoms with Crippen LogP contribution in [-0.2, 0) is 0 Å². The third kappa shape index (κ3) is 2.22. The first-order valence-corrected chi connectivity index (χ1v) is 8.76. The third-order valence-electron chi connectivity index (χ3n) is 5.92. The molecule has 4 aliphatic rings. The van der Waals surface area contributed by atoms with Crippen LogP contribution < -0.4 is 0 Å².